The van der Waals surface area contributed by atoms with Crippen molar-refractivity contribution in [3.8, 4) is 0 Å². The van der Waals surface area contributed by atoms with Gasteiger partial charge in [0, 0.05) is 11.4 Å². The van der Waals surface area contributed by atoms with Crippen molar-refractivity contribution in [1.29, 1.82) is 0 Å². The summed E-state index contributed by atoms with van der Waals surface area (Å²) in [5, 5.41) is 0. The van der Waals surface area contributed by atoms with Gasteiger partial charge in [0.15, 0.2) is 6.30 Å². The van der Waals surface area contributed by atoms with Crippen LogP contribution in [-0.4, -0.2) is 18.9 Å². The van der Waals surface area contributed by atoms with Gasteiger partial charge in [-0.2, -0.15) is 0 Å². The van der Waals surface area contributed by atoms with Crippen molar-refractivity contribution in [2.24, 2.45) is 5.73 Å². The molecule has 0 heterocycles. The van der Waals surface area contributed by atoms with Gasteiger partial charge in [-0.1, -0.05) is 0 Å². The molecule has 0 aromatic rings. The number of halogens is 3. The first-order valence-electron chi connectivity index (χ1n) is 2.29. The van der Waals surface area contributed by atoms with E-state index in [4.69, 9.17) is 0 Å². The van der Waals surface area contributed by atoms with Crippen LogP contribution in [0.2, 0.25) is 0 Å². The highest BCUT2D eigenvalue weighted by Crippen LogP contribution is 1.75. The fraction of sp³-hybridized carbons (Fsp3) is 0.750. The highest BCUT2D eigenvalue weighted by atomic mass is 19.3. The van der Waals surface area contributed by atoms with Gasteiger partial charge in [0.05, 0.1) is 0 Å². The van der Waals surface area contributed by atoms with Crippen molar-refractivity contribution in [1.82, 2.24) is 0 Å². The van der Waals surface area contributed by atoms with Crippen molar-refractivity contribution >= 4 is 5.97 Å². The average Bonchev–Trinajstić information content (AvgIpc) is 1.89. The maximum Gasteiger partial charge on any atom is 0.345 e. The van der Waals surface area contributed by atoms with E-state index in [1.54, 1.807) is 0 Å². The highest BCUT2D eigenvalue weighted by Gasteiger charge is 1.89. The summed E-state index contributed by atoms with van der Waals surface area (Å²) in [4.78, 5) is 11.8. The molecule has 6 heteroatoms. The molecule has 0 aliphatic carbocycles. The zero-order chi connectivity index (χ0) is 8.57. The fourth-order valence-electron chi connectivity index (χ4n) is 0. The third kappa shape index (κ3) is 26.9. The van der Waals surface area contributed by atoms with E-state index < -0.39 is 18.9 Å². The van der Waals surface area contributed by atoms with Gasteiger partial charge in [-0.25, -0.2) is 13.6 Å². The lowest BCUT2D eigenvalue weighted by Crippen LogP contribution is -2.14. The van der Waals surface area contributed by atoms with Crippen molar-refractivity contribution in [2.45, 2.75) is 13.2 Å². The molecule has 2 N–H and O–H groups in total. The first-order chi connectivity index (χ1) is 4.54. The van der Waals surface area contributed by atoms with Crippen LogP contribution in [0.25, 0.3) is 0 Å². The molecule has 0 aromatic heterocycles. The molecular formula is C4H8F3NO2. The smallest absolute Gasteiger partial charge is 0.300 e. The molecule has 0 spiro atoms. The summed E-state index contributed by atoms with van der Waals surface area (Å²) >= 11 is 0. The van der Waals surface area contributed by atoms with E-state index in [0.29, 0.717) is 0 Å². The van der Waals surface area contributed by atoms with Crippen LogP contribution in [0.4, 0.5) is 13.3 Å². The SMILES string of the molecule is CC(=O)OF.NC(F)CF. The number of rotatable bonds is 1. The van der Waals surface area contributed by atoms with Gasteiger partial charge in [0.1, 0.15) is 6.67 Å². The lowest BCUT2D eigenvalue weighted by atomic mass is 10.7. The highest BCUT2D eigenvalue weighted by molar-refractivity contribution is 5.64. The van der Waals surface area contributed by atoms with Crippen molar-refractivity contribution in [3.63, 3.8) is 0 Å². The van der Waals surface area contributed by atoms with Crippen LogP contribution in [0, 0.1) is 0 Å². The third-order valence-corrected chi connectivity index (χ3v) is 0.256. The summed E-state index contributed by atoms with van der Waals surface area (Å²) in [6.07, 6.45) is -1.78. The molecule has 0 fully saturated rings. The lowest BCUT2D eigenvalue weighted by Gasteiger charge is -1.84. The molecule has 10 heavy (non-hydrogen) atoms. The number of carbonyl (C=O) groups excluding carboxylic acids is 1. The van der Waals surface area contributed by atoms with Gasteiger partial charge in [0.25, 0.3) is 0 Å². The Balaban J connectivity index is 0. The Labute approximate surface area is 55.9 Å². The van der Waals surface area contributed by atoms with E-state index in [1.165, 1.54) is 0 Å². The first kappa shape index (κ1) is 12.0. The maximum atomic E-state index is 10.8. The van der Waals surface area contributed by atoms with Gasteiger partial charge in [0.2, 0.25) is 0 Å². The molecule has 1 unspecified atom stereocenters. The first-order valence-corrected chi connectivity index (χ1v) is 2.29. The number of carbonyl (C=O) groups is 1. The zero-order valence-corrected chi connectivity index (χ0v) is 5.31. The van der Waals surface area contributed by atoms with E-state index in [0.717, 1.165) is 6.92 Å². The number of hydrogen-bond donors (Lipinski definition) is 1. The summed E-state index contributed by atoms with van der Waals surface area (Å²) in [5.41, 5.74) is 4.25. The summed E-state index contributed by atoms with van der Waals surface area (Å²) < 4.78 is 31.7. The van der Waals surface area contributed by atoms with E-state index in [9.17, 15) is 18.1 Å². The molecule has 0 radical (unpaired) electrons. The Kier molecular flexibility index (Phi) is 9.82. The molecule has 0 rings (SSSR count). The van der Waals surface area contributed by atoms with Gasteiger partial charge in [-0.3, -0.25) is 10.7 Å². The molecule has 0 bridgehead atoms. The number of alkyl halides is 2. The van der Waals surface area contributed by atoms with Gasteiger partial charge >= 0.3 is 5.97 Å². The second-order valence-corrected chi connectivity index (χ2v) is 1.24. The van der Waals surface area contributed by atoms with Crippen LogP contribution >= 0.6 is 0 Å². The van der Waals surface area contributed by atoms with E-state index >= 15 is 0 Å². The minimum atomic E-state index is -1.78. The Morgan fingerprint density at radius 1 is 1.80 bits per heavy atom. The van der Waals surface area contributed by atoms with Crippen molar-refractivity contribution in [3.05, 3.63) is 0 Å². The summed E-state index contributed by atoms with van der Waals surface area (Å²) in [6.45, 7) is -0.0972. The normalized spacial score (nSPS) is 10.9. The minimum Gasteiger partial charge on any atom is -0.300 e. The molecular weight excluding hydrogens is 151 g/mol. The van der Waals surface area contributed by atoms with Crippen molar-refractivity contribution in [2.75, 3.05) is 6.67 Å². The lowest BCUT2D eigenvalue weighted by molar-refractivity contribution is -0.180. The molecule has 3 nitrogen and oxygen atoms in total. The van der Waals surface area contributed by atoms with Crippen LogP contribution in [0.3, 0.4) is 0 Å². The zero-order valence-electron chi connectivity index (χ0n) is 5.31. The summed E-state index contributed by atoms with van der Waals surface area (Å²) in [7, 11) is 0. The molecule has 0 saturated heterocycles. The fourth-order valence-corrected chi connectivity index (χ4v) is 0. The van der Waals surface area contributed by atoms with Crippen LogP contribution in [-0.2, 0) is 9.74 Å². The number of nitrogens with two attached hydrogens (primary N) is 1. The second kappa shape index (κ2) is 8.22. The second-order valence-electron chi connectivity index (χ2n) is 1.24. The molecule has 0 aromatic carbocycles. The van der Waals surface area contributed by atoms with Crippen molar-refractivity contribution < 1.29 is 23.0 Å². The summed E-state index contributed by atoms with van der Waals surface area (Å²) in [5.74, 6) is -0.912. The van der Waals surface area contributed by atoms with Gasteiger partial charge in [-0.05, 0) is 0 Å². The average molecular weight is 159 g/mol. The van der Waals surface area contributed by atoms with Crippen LogP contribution in [0.15, 0.2) is 0 Å². The molecule has 62 valence electrons. The van der Waals surface area contributed by atoms with Gasteiger partial charge < -0.3 is 0 Å². The Hall–Kier alpha value is -0.780. The predicted molar refractivity (Wildman–Crippen MR) is 27.9 cm³/mol. The standard InChI is InChI=1S/C2H5F2N.C2H3FO2/c3-1-2(4)5;1-2(4)5-3/h2H,1,5H2;1H3. The summed E-state index contributed by atoms with van der Waals surface area (Å²) in [6, 6.07) is 0. The molecule has 1 atom stereocenters. The Morgan fingerprint density at radius 2 is 2.00 bits per heavy atom. The Bertz CT molecular complexity index is 88.6. The molecule has 0 amide bonds. The largest absolute Gasteiger partial charge is 0.345 e. The maximum absolute atomic E-state index is 10.8. The molecule has 0 aliphatic heterocycles. The quantitative estimate of drug-likeness (QED) is 0.571. The topological polar surface area (TPSA) is 52.3 Å². The van der Waals surface area contributed by atoms with E-state index in [-0.39, 0.29) is 0 Å². The predicted octanol–water partition coefficient (Wildman–Crippen LogP) is 0.644. The van der Waals surface area contributed by atoms with E-state index in [1.807, 2.05) is 0 Å². The third-order valence-electron chi connectivity index (χ3n) is 0.256. The Morgan fingerprint density at radius 3 is 2.00 bits per heavy atom. The van der Waals surface area contributed by atoms with Gasteiger partial charge in [-0.15, -0.1) is 0 Å². The van der Waals surface area contributed by atoms with Crippen LogP contribution < -0.4 is 5.73 Å². The molecule has 0 saturated carbocycles. The van der Waals surface area contributed by atoms with E-state index in [2.05, 4.69) is 10.7 Å². The molecule has 0 aliphatic rings. The van der Waals surface area contributed by atoms with Crippen LogP contribution in [0.1, 0.15) is 6.92 Å². The van der Waals surface area contributed by atoms with Crippen LogP contribution in [0.5, 0.6) is 0 Å². The number of hydrogen-bond acceptors (Lipinski definition) is 3. The monoisotopic (exact) mass is 159 g/mol. The minimum absolute atomic E-state index is 0.912.